The lowest BCUT2D eigenvalue weighted by atomic mass is 9.98. The van der Waals surface area contributed by atoms with Crippen LogP contribution < -0.4 is 0 Å². The third-order valence-electron chi connectivity index (χ3n) is 4.13. The number of amides is 1. The van der Waals surface area contributed by atoms with Crippen molar-refractivity contribution in [3.05, 3.63) is 41.1 Å². The van der Waals surface area contributed by atoms with E-state index in [4.69, 9.17) is 0 Å². The monoisotopic (exact) mass is 314 g/mol. The molecule has 1 heterocycles. The molecule has 1 aromatic carbocycles. The molecule has 124 valence electrons. The third-order valence-corrected chi connectivity index (χ3v) is 4.13. The minimum absolute atomic E-state index is 0.0258. The normalized spacial score (nSPS) is 11.7. The number of aliphatic hydroxyl groups is 1. The Hall–Kier alpha value is -1.94. The molecule has 0 aliphatic rings. The summed E-state index contributed by atoms with van der Waals surface area (Å²) in [5.41, 5.74) is 3.07. The highest BCUT2D eigenvalue weighted by Crippen LogP contribution is 2.23. The molecular weight excluding hydrogens is 288 g/mol. The molecule has 1 amide bonds. The summed E-state index contributed by atoms with van der Waals surface area (Å²) < 4.78 is 0. The van der Waals surface area contributed by atoms with Crippen molar-refractivity contribution < 1.29 is 9.90 Å². The molecule has 0 saturated carbocycles. The zero-order valence-electron chi connectivity index (χ0n) is 14.7. The van der Waals surface area contributed by atoms with Gasteiger partial charge in [0, 0.05) is 24.2 Å². The molecule has 0 aliphatic heterocycles. The Morgan fingerprint density at radius 1 is 1.26 bits per heavy atom. The maximum Gasteiger partial charge on any atom is 0.227 e. The third kappa shape index (κ3) is 4.08. The molecule has 2 aromatic rings. The Morgan fingerprint density at radius 2 is 1.91 bits per heavy atom. The molecule has 2 rings (SSSR count). The van der Waals surface area contributed by atoms with Crippen LogP contribution in [0.3, 0.4) is 0 Å². The van der Waals surface area contributed by atoms with Crippen molar-refractivity contribution in [2.75, 3.05) is 13.1 Å². The fraction of sp³-hybridized carbons (Fsp3) is 0.474. The van der Waals surface area contributed by atoms with Crippen molar-refractivity contribution in [3.63, 3.8) is 0 Å². The van der Waals surface area contributed by atoms with Crippen LogP contribution in [0.15, 0.2) is 24.3 Å². The van der Waals surface area contributed by atoms with E-state index in [-0.39, 0.29) is 5.91 Å². The Bertz CT molecular complexity index is 717. The van der Waals surface area contributed by atoms with E-state index in [0.29, 0.717) is 19.5 Å². The van der Waals surface area contributed by atoms with Gasteiger partial charge in [0.2, 0.25) is 5.91 Å². The number of aromatic nitrogens is 1. The summed E-state index contributed by atoms with van der Waals surface area (Å²) in [7, 11) is 0. The number of benzene rings is 1. The van der Waals surface area contributed by atoms with Crippen LogP contribution in [0.2, 0.25) is 0 Å². The van der Waals surface area contributed by atoms with Gasteiger partial charge < -0.3 is 10.0 Å². The van der Waals surface area contributed by atoms with E-state index in [2.05, 4.69) is 4.98 Å². The van der Waals surface area contributed by atoms with Gasteiger partial charge in [-0.15, -0.1) is 0 Å². The van der Waals surface area contributed by atoms with E-state index >= 15 is 0 Å². The SMILES string of the molecule is CCN(CC(C)(C)O)C(=O)Cc1c(C)nc2ccccc2c1C. The average Bonchev–Trinajstić information content (AvgIpc) is 2.48. The van der Waals surface area contributed by atoms with Crippen LogP contribution in [0, 0.1) is 13.8 Å². The van der Waals surface area contributed by atoms with Crippen LogP contribution in [0.25, 0.3) is 10.9 Å². The Kier molecular flexibility index (Phi) is 5.05. The first-order valence-corrected chi connectivity index (χ1v) is 8.08. The quantitative estimate of drug-likeness (QED) is 0.923. The lowest BCUT2D eigenvalue weighted by molar-refractivity contribution is -0.133. The number of carbonyl (C=O) groups is 1. The molecule has 1 N–H and O–H groups in total. The maximum atomic E-state index is 12.6. The molecule has 0 aliphatic carbocycles. The molecule has 0 saturated heterocycles. The van der Waals surface area contributed by atoms with Gasteiger partial charge >= 0.3 is 0 Å². The standard InChI is InChI=1S/C19H26N2O2/c1-6-21(12-19(4,5)23)18(22)11-16-13(2)15-9-7-8-10-17(15)20-14(16)3/h7-10,23H,6,11-12H2,1-5H3. The highest BCUT2D eigenvalue weighted by atomic mass is 16.3. The highest BCUT2D eigenvalue weighted by molar-refractivity contribution is 5.86. The topological polar surface area (TPSA) is 53.4 Å². The Balaban J connectivity index is 2.32. The number of hydrogen-bond acceptors (Lipinski definition) is 3. The molecule has 1 aromatic heterocycles. The summed E-state index contributed by atoms with van der Waals surface area (Å²) in [6, 6.07) is 8.00. The first kappa shape index (κ1) is 17.4. The minimum atomic E-state index is -0.891. The molecule has 0 spiro atoms. The van der Waals surface area contributed by atoms with Crippen LogP contribution in [0.1, 0.15) is 37.6 Å². The van der Waals surface area contributed by atoms with Crippen LogP contribution in [-0.4, -0.2) is 39.6 Å². The number of fused-ring (bicyclic) bond motifs is 1. The lowest BCUT2D eigenvalue weighted by Gasteiger charge is -2.28. The van der Waals surface area contributed by atoms with Crippen LogP contribution in [0.4, 0.5) is 0 Å². The summed E-state index contributed by atoms with van der Waals surface area (Å²) in [4.78, 5) is 19.0. The van der Waals surface area contributed by atoms with Gasteiger partial charge in [-0.25, -0.2) is 0 Å². The molecule has 0 fully saturated rings. The van der Waals surface area contributed by atoms with Crippen molar-refractivity contribution in [2.45, 2.75) is 46.6 Å². The number of nitrogens with zero attached hydrogens (tertiary/aromatic N) is 2. The summed E-state index contributed by atoms with van der Waals surface area (Å²) in [5, 5.41) is 11.1. The second-order valence-electron chi connectivity index (χ2n) is 6.72. The van der Waals surface area contributed by atoms with E-state index < -0.39 is 5.60 Å². The summed E-state index contributed by atoms with van der Waals surface area (Å²) in [6.07, 6.45) is 0.319. The van der Waals surface area contributed by atoms with Gasteiger partial charge in [0.05, 0.1) is 17.5 Å². The molecule has 0 unspecified atom stereocenters. The van der Waals surface area contributed by atoms with Crippen LogP contribution >= 0.6 is 0 Å². The van der Waals surface area contributed by atoms with Gasteiger partial charge in [0.1, 0.15) is 0 Å². The zero-order chi connectivity index (χ0) is 17.2. The predicted octanol–water partition coefficient (Wildman–Crippen LogP) is 3.01. The average molecular weight is 314 g/mol. The van der Waals surface area contributed by atoms with Gasteiger partial charge in [0.25, 0.3) is 0 Å². The smallest absolute Gasteiger partial charge is 0.227 e. The predicted molar refractivity (Wildman–Crippen MR) is 93.5 cm³/mol. The lowest BCUT2D eigenvalue weighted by Crippen LogP contribution is -2.42. The van der Waals surface area contributed by atoms with Gasteiger partial charge in [-0.1, -0.05) is 18.2 Å². The van der Waals surface area contributed by atoms with Gasteiger partial charge in [-0.3, -0.25) is 9.78 Å². The molecule has 0 atom stereocenters. The molecule has 4 heteroatoms. The number of carbonyl (C=O) groups excluding carboxylic acids is 1. The largest absolute Gasteiger partial charge is 0.389 e. The second kappa shape index (κ2) is 6.67. The minimum Gasteiger partial charge on any atom is -0.389 e. The summed E-state index contributed by atoms with van der Waals surface area (Å²) >= 11 is 0. The number of pyridine rings is 1. The van der Waals surface area contributed by atoms with E-state index in [0.717, 1.165) is 27.7 Å². The number of para-hydroxylation sites is 1. The molecule has 0 bridgehead atoms. The van der Waals surface area contributed by atoms with Crippen molar-refractivity contribution in [2.24, 2.45) is 0 Å². The van der Waals surface area contributed by atoms with E-state index in [1.807, 2.05) is 45.0 Å². The fourth-order valence-corrected chi connectivity index (χ4v) is 2.94. The Morgan fingerprint density at radius 3 is 2.52 bits per heavy atom. The van der Waals surface area contributed by atoms with Crippen molar-refractivity contribution in [1.82, 2.24) is 9.88 Å². The van der Waals surface area contributed by atoms with Gasteiger partial charge in [0.15, 0.2) is 0 Å². The van der Waals surface area contributed by atoms with Gasteiger partial charge in [-0.05, 0) is 51.8 Å². The molecule has 0 radical (unpaired) electrons. The van der Waals surface area contributed by atoms with E-state index in [1.54, 1.807) is 18.7 Å². The fourth-order valence-electron chi connectivity index (χ4n) is 2.94. The first-order valence-electron chi connectivity index (χ1n) is 8.08. The zero-order valence-corrected chi connectivity index (χ0v) is 14.7. The number of likely N-dealkylation sites (N-methyl/N-ethyl adjacent to an activating group) is 1. The first-order chi connectivity index (χ1) is 10.7. The van der Waals surface area contributed by atoms with E-state index in [9.17, 15) is 9.90 Å². The van der Waals surface area contributed by atoms with Crippen molar-refractivity contribution in [3.8, 4) is 0 Å². The van der Waals surface area contributed by atoms with Crippen LogP contribution in [0.5, 0.6) is 0 Å². The second-order valence-corrected chi connectivity index (χ2v) is 6.72. The molecular formula is C19H26N2O2. The number of aryl methyl sites for hydroxylation is 2. The van der Waals surface area contributed by atoms with Crippen molar-refractivity contribution in [1.29, 1.82) is 0 Å². The van der Waals surface area contributed by atoms with Crippen LogP contribution in [-0.2, 0) is 11.2 Å². The molecule has 4 nitrogen and oxygen atoms in total. The highest BCUT2D eigenvalue weighted by Gasteiger charge is 2.22. The number of hydrogen-bond donors (Lipinski definition) is 1. The van der Waals surface area contributed by atoms with Crippen molar-refractivity contribution >= 4 is 16.8 Å². The summed E-state index contributed by atoms with van der Waals surface area (Å²) in [5.74, 6) is 0.0258. The Labute approximate surface area is 138 Å². The number of rotatable bonds is 5. The summed E-state index contributed by atoms with van der Waals surface area (Å²) in [6.45, 7) is 10.3. The van der Waals surface area contributed by atoms with E-state index in [1.165, 1.54) is 0 Å². The maximum absolute atomic E-state index is 12.6. The molecule has 23 heavy (non-hydrogen) atoms. The van der Waals surface area contributed by atoms with Gasteiger partial charge in [-0.2, -0.15) is 0 Å².